The summed E-state index contributed by atoms with van der Waals surface area (Å²) in [6.07, 6.45) is 0. The summed E-state index contributed by atoms with van der Waals surface area (Å²) in [5, 5.41) is 0.364. The van der Waals surface area contributed by atoms with Crippen molar-refractivity contribution in [3.63, 3.8) is 0 Å². The zero-order valence-electron chi connectivity index (χ0n) is 7.72. The third kappa shape index (κ3) is 2.70. The molecule has 0 saturated heterocycles. The number of carbonyl (C=O) groups is 1. The molecule has 0 heterocycles. The van der Waals surface area contributed by atoms with E-state index in [1.807, 2.05) is 18.2 Å². The summed E-state index contributed by atoms with van der Waals surface area (Å²) < 4.78 is 5.91. The molecule has 0 bridgehead atoms. The molecule has 0 atom stereocenters. The smallest absolute Gasteiger partial charge is 0.173 e. The van der Waals surface area contributed by atoms with Gasteiger partial charge in [-0.05, 0) is 23.8 Å². The normalized spacial score (nSPS) is 9.93. The molecule has 4 heteroatoms. The SMILES string of the molecule is COc1ccc(C(=O)CBr)c(CI)c1. The molecule has 0 aliphatic carbocycles. The largest absolute Gasteiger partial charge is 0.497 e. The summed E-state index contributed by atoms with van der Waals surface area (Å²) in [6.45, 7) is 0. The number of Topliss-reactive ketones (excluding diaryl/α,β-unsaturated/α-hetero) is 1. The van der Waals surface area contributed by atoms with Crippen LogP contribution in [0, 0.1) is 0 Å². The molecule has 1 rings (SSSR count). The van der Waals surface area contributed by atoms with Crippen LogP contribution < -0.4 is 4.74 Å². The summed E-state index contributed by atoms with van der Waals surface area (Å²) in [4.78, 5) is 11.5. The second-order valence-electron chi connectivity index (χ2n) is 2.71. The van der Waals surface area contributed by atoms with Crippen LogP contribution in [0.3, 0.4) is 0 Å². The fraction of sp³-hybridized carbons (Fsp3) is 0.300. The average Bonchev–Trinajstić information content (AvgIpc) is 2.27. The van der Waals surface area contributed by atoms with Crippen molar-refractivity contribution in [2.45, 2.75) is 4.43 Å². The maximum atomic E-state index is 11.5. The summed E-state index contributed by atoms with van der Waals surface area (Å²) >= 11 is 5.41. The van der Waals surface area contributed by atoms with Crippen molar-refractivity contribution in [3.8, 4) is 5.75 Å². The van der Waals surface area contributed by atoms with E-state index in [4.69, 9.17) is 4.74 Å². The van der Waals surface area contributed by atoms with E-state index in [9.17, 15) is 4.79 Å². The summed E-state index contributed by atoms with van der Waals surface area (Å²) in [5.41, 5.74) is 1.80. The van der Waals surface area contributed by atoms with Crippen LogP contribution in [0.5, 0.6) is 5.75 Å². The minimum atomic E-state index is 0.110. The molecule has 0 fully saturated rings. The molecule has 1 aromatic carbocycles. The zero-order valence-corrected chi connectivity index (χ0v) is 11.5. The van der Waals surface area contributed by atoms with Gasteiger partial charge in [0.15, 0.2) is 5.78 Å². The number of hydrogen-bond donors (Lipinski definition) is 0. The van der Waals surface area contributed by atoms with Gasteiger partial charge in [0, 0.05) is 9.99 Å². The Morgan fingerprint density at radius 3 is 2.79 bits per heavy atom. The predicted octanol–water partition coefficient (Wildman–Crippen LogP) is 3.21. The molecular weight excluding hydrogens is 359 g/mol. The van der Waals surface area contributed by atoms with Crippen LogP contribution in [0.15, 0.2) is 18.2 Å². The minimum absolute atomic E-state index is 0.110. The van der Waals surface area contributed by atoms with E-state index in [0.717, 1.165) is 21.3 Å². The Balaban J connectivity index is 3.11. The van der Waals surface area contributed by atoms with E-state index < -0.39 is 0 Å². The quantitative estimate of drug-likeness (QED) is 0.463. The first-order valence-electron chi connectivity index (χ1n) is 4.05. The second-order valence-corrected chi connectivity index (χ2v) is 4.04. The summed E-state index contributed by atoms with van der Waals surface area (Å²) in [5.74, 6) is 0.905. The number of ketones is 1. The third-order valence-corrected chi connectivity index (χ3v) is 3.21. The van der Waals surface area contributed by atoms with Gasteiger partial charge >= 0.3 is 0 Å². The number of alkyl halides is 2. The van der Waals surface area contributed by atoms with E-state index >= 15 is 0 Å². The molecule has 2 nitrogen and oxygen atoms in total. The second kappa shape index (κ2) is 5.70. The lowest BCUT2D eigenvalue weighted by Gasteiger charge is -2.07. The van der Waals surface area contributed by atoms with Crippen LogP contribution in [0.1, 0.15) is 15.9 Å². The number of carbonyl (C=O) groups excluding carboxylic acids is 1. The van der Waals surface area contributed by atoms with Crippen molar-refractivity contribution in [1.29, 1.82) is 0 Å². The van der Waals surface area contributed by atoms with Gasteiger partial charge in [-0.25, -0.2) is 0 Å². The van der Waals surface area contributed by atoms with E-state index in [1.165, 1.54) is 0 Å². The molecule has 0 aliphatic rings. The van der Waals surface area contributed by atoms with Gasteiger partial charge in [-0.15, -0.1) is 0 Å². The molecule has 0 saturated carbocycles. The van der Waals surface area contributed by atoms with Gasteiger partial charge in [-0.2, -0.15) is 0 Å². The molecule has 76 valence electrons. The van der Waals surface area contributed by atoms with Crippen molar-refractivity contribution in [2.24, 2.45) is 0 Å². The van der Waals surface area contributed by atoms with Crippen molar-refractivity contribution in [1.82, 2.24) is 0 Å². The number of benzene rings is 1. The molecule has 1 aromatic rings. The highest BCUT2D eigenvalue weighted by Crippen LogP contribution is 2.21. The molecule has 0 unspecified atom stereocenters. The van der Waals surface area contributed by atoms with Crippen LogP contribution in [-0.2, 0) is 4.43 Å². The number of rotatable bonds is 4. The molecule has 0 aliphatic heterocycles. The Morgan fingerprint density at radius 2 is 2.29 bits per heavy atom. The first-order valence-corrected chi connectivity index (χ1v) is 6.69. The molecule has 0 N–H and O–H groups in total. The monoisotopic (exact) mass is 368 g/mol. The molecule has 0 radical (unpaired) electrons. The molecule has 0 spiro atoms. The molecule has 14 heavy (non-hydrogen) atoms. The van der Waals surface area contributed by atoms with Crippen molar-refractivity contribution in [2.75, 3.05) is 12.4 Å². The zero-order chi connectivity index (χ0) is 10.6. The van der Waals surface area contributed by atoms with E-state index in [0.29, 0.717) is 5.33 Å². The Morgan fingerprint density at radius 1 is 1.57 bits per heavy atom. The number of hydrogen-bond acceptors (Lipinski definition) is 2. The van der Waals surface area contributed by atoms with Gasteiger partial charge in [0.2, 0.25) is 0 Å². The van der Waals surface area contributed by atoms with Gasteiger partial charge in [0.05, 0.1) is 12.4 Å². The van der Waals surface area contributed by atoms with Crippen molar-refractivity contribution in [3.05, 3.63) is 29.3 Å². The van der Waals surface area contributed by atoms with Gasteiger partial charge in [0.1, 0.15) is 5.75 Å². The lowest BCUT2D eigenvalue weighted by Crippen LogP contribution is -2.04. The van der Waals surface area contributed by atoms with Crippen LogP contribution in [-0.4, -0.2) is 18.2 Å². The predicted molar refractivity (Wildman–Crippen MR) is 68.8 cm³/mol. The van der Waals surface area contributed by atoms with Gasteiger partial charge in [-0.3, -0.25) is 4.79 Å². The molecular formula is C10H10BrIO2. The van der Waals surface area contributed by atoms with Crippen molar-refractivity contribution < 1.29 is 9.53 Å². The van der Waals surface area contributed by atoms with E-state index in [2.05, 4.69) is 38.5 Å². The Labute approximate surface area is 105 Å². The Bertz CT molecular complexity index is 339. The highest BCUT2D eigenvalue weighted by Gasteiger charge is 2.09. The van der Waals surface area contributed by atoms with E-state index in [1.54, 1.807) is 7.11 Å². The number of halogens is 2. The fourth-order valence-electron chi connectivity index (χ4n) is 1.15. The summed E-state index contributed by atoms with van der Waals surface area (Å²) in [6, 6.07) is 5.53. The highest BCUT2D eigenvalue weighted by atomic mass is 127. The van der Waals surface area contributed by atoms with Gasteiger partial charge in [-0.1, -0.05) is 38.5 Å². The highest BCUT2D eigenvalue weighted by molar-refractivity contribution is 14.1. The standard InChI is InChI=1S/C10H10BrIO2/c1-14-8-2-3-9(10(13)5-11)7(4-8)6-12/h2-4H,5-6H2,1H3. The lowest BCUT2D eigenvalue weighted by atomic mass is 10.1. The average molecular weight is 369 g/mol. The Hall–Kier alpha value is -0.100. The van der Waals surface area contributed by atoms with Crippen LogP contribution in [0.4, 0.5) is 0 Å². The maximum absolute atomic E-state index is 11.5. The molecule has 0 aromatic heterocycles. The van der Waals surface area contributed by atoms with Crippen LogP contribution >= 0.6 is 38.5 Å². The Kier molecular flexibility index (Phi) is 4.88. The lowest BCUT2D eigenvalue weighted by molar-refractivity contribution is 0.102. The maximum Gasteiger partial charge on any atom is 0.173 e. The van der Waals surface area contributed by atoms with Crippen LogP contribution in [0.2, 0.25) is 0 Å². The molecule has 0 amide bonds. The topological polar surface area (TPSA) is 26.3 Å². The first-order chi connectivity index (χ1) is 6.72. The number of ether oxygens (including phenoxy) is 1. The van der Waals surface area contributed by atoms with Gasteiger partial charge < -0.3 is 4.74 Å². The fourth-order valence-corrected chi connectivity index (χ4v) is 2.08. The first kappa shape index (κ1) is 12.0. The summed E-state index contributed by atoms with van der Waals surface area (Å²) in [7, 11) is 1.62. The van der Waals surface area contributed by atoms with Crippen molar-refractivity contribution >= 4 is 44.3 Å². The number of methoxy groups -OCH3 is 1. The van der Waals surface area contributed by atoms with E-state index in [-0.39, 0.29) is 5.78 Å². The van der Waals surface area contributed by atoms with Crippen LogP contribution in [0.25, 0.3) is 0 Å². The minimum Gasteiger partial charge on any atom is -0.497 e. The third-order valence-electron chi connectivity index (χ3n) is 1.88. The van der Waals surface area contributed by atoms with Gasteiger partial charge in [0.25, 0.3) is 0 Å².